The van der Waals surface area contributed by atoms with Crippen LogP contribution in [0, 0.1) is 5.92 Å². The molecule has 0 spiro atoms. The molecule has 1 aliphatic heterocycles. The van der Waals surface area contributed by atoms with E-state index in [2.05, 4.69) is 34.1 Å². The van der Waals surface area contributed by atoms with Gasteiger partial charge in [0.25, 0.3) is 0 Å². The summed E-state index contributed by atoms with van der Waals surface area (Å²) in [5, 5.41) is 0. The average molecular weight is 483 g/mol. The number of nitrogens with zero attached hydrogens (tertiary/aromatic N) is 2. The lowest BCUT2D eigenvalue weighted by molar-refractivity contribution is -0.137. The van der Waals surface area contributed by atoms with Crippen LogP contribution in [0.3, 0.4) is 0 Å². The van der Waals surface area contributed by atoms with E-state index in [1.807, 2.05) is 14.1 Å². The van der Waals surface area contributed by atoms with E-state index in [1.54, 1.807) is 0 Å². The molecule has 33 heavy (non-hydrogen) atoms. The summed E-state index contributed by atoms with van der Waals surface area (Å²) in [5.74, 6) is 1.19. The van der Waals surface area contributed by atoms with Crippen molar-refractivity contribution in [2.45, 2.75) is 50.2 Å². The topological polar surface area (TPSA) is 15.7 Å². The first-order valence-electron chi connectivity index (χ1n) is 11.6. The maximum Gasteiger partial charge on any atom is 0.416 e. The summed E-state index contributed by atoms with van der Waals surface area (Å²) in [6.45, 7) is 2.58. The molecule has 0 unspecified atom stereocenters. The maximum atomic E-state index is 12.9. The minimum absolute atomic E-state index is 0. The number of rotatable bonds is 6. The molecule has 1 heterocycles. The zero-order valence-electron chi connectivity index (χ0n) is 19.4. The Kier molecular flexibility index (Phi) is 8.57. The molecule has 1 aliphatic carbocycles. The largest absolute Gasteiger partial charge is 0.493 e. The summed E-state index contributed by atoms with van der Waals surface area (Å²) in [4.78, 5) is 4.72. The van der Waals surface area contributed by atoms with Gasteiger partial charge in [0.05, 0.1) is 12.2 Å². The molecule has 0 amide bonds. The van der Waals surface area contributed by atoms with E-state index in [0.717, 1.165) is 31.6 Å². The summed E-state index contributed by atoms with van der Waals surface area (Å²) in [7, 11) is 4.07. The molecule has 182 valence electrons. The van der Waals surface area contributed by atoms with Crippen LogP contribution in [-0.2, 0) is 6.18 Å². The lowest BCUT2D eigenvalue weighted by Gasteiger charge is -2.41. The number of halogens is 4. The van der Waals surface area contributed by atoms with Crippen LogP contribution in [0.5, 0.6) is 5.75 Å². The van der Waals surface area contributed by atoms with Gasteiger partial charge in [0.2, 0.25) is 0 Å². The van der Waals surface area contributed by atoms with Crippen LogP contribution in [0.25, 0.3) is 0 Å². The van der Waals surface area contributed by atoms with Crippen molar-refractivity contribution in [3.05, 3.63) is 59.7 Å². The predicted octanol–water partition coefficient (Wildman–Crippen LogP) is 6.62. The van der Waals surface area contributed by atoms with E-state index in [1.165, 1.54) is 49.1 Å². The fourth-order valence-corrected chi connectivity index (χ4v) is 5.23. The molecule has 0 radical (unpaired) electrons. The summed E-state index contributed by atoms with van der Waals surface area (Å²) in [6, 6.07) is 14.5. The van der Waals surface area contributed by atoms with Gasteiger partial charge in [-0.2, -0.15) is 13.2 Å². The quantitative estimate of drug-likeness (QED) is 0.460. The van der Waals surface area contributed by atoms with Crippen LogP contribution in [0.4, 0.5) is 18.9 Å². The van der Waals surface area contributed by atoms with Crippen LogP contribution in [0.1, 0.15) is 49.1 Å². The second-order valence-corrected chi connectivity index (χ2v) is 9.41. The molecule has 3 nitrogen and oxygen atoms in total. The van der Waals surface area contributed by atoms with Crippen molar-refractivity contribution in [1.82, 2.24) is 4.90 Å². The molecule has 2 fully saturated rings. The Morgan fingerprint density at radius 1 is 0.939 bits per heavy atom. The van der Waals surface area contributed by atoms with Gasteiger partial charge in [0, 0.05) is 38.3 Å². The molecule has 7 heteroatoms. The smallest absolute Gasteiger partial charge is 0.416 e. The van der Waals surface area contributed by atoms with E-state index >= 15 is 0 Å². The highest BCUT2D eigenvalue weighted by atomic mass is 35.5. The van der Waals surface area contributed by atoms with Crippen molar-refractivity contribution in [3.63, 3.8) is 0 Å². The third kappa shape index (κ3) is 6.36. The van der Waals surface area contributed by atoms with Gasteiger partial charge in [-0.15, -0.1) is 12.4 Å². The van der Waals surface area contributed by atoms with Crippen LogP contribution in [0.2, 0.25) is 0 Å². The van der Waals surface area contributed by atoms with Crippen LogP contribution in [-0.4, -0.2) is 44.7 Å². The SMILES string of the molecule is CN(C)c1ccc([C@@H]2CCN(C3CCCC3)C[C@H]2COc2ccc(C(F)(F)F)cc2)cc1.Cl. The third-order valence-electron chi connectivity index (χ3n) is 7.09. The predicted molar refractivity (Wildman–Crippen MR) is 130 cm³/mol. The van der Waals surface area contributed by atoms with Crippen molar-refractivity contribution in [2.75, 3.05) is 38.7 Å². The second-order valence-electron chi connectivity index (χ2n) is 9.41. The fourth-order valence-electron chi connectivity index (χ4n) is 5.23. The molecule has 0 N–H and O–H groups in total. The average Bonchev–Trinajstić information content (AvgIpc) is 3.32. The van der Waals surface area contributed by atoms with Gasteiger partial charge in [-0.25, -0.2) is 0 Å². The normalized spacial score (nSPS) is 22.1. The first-order chi connectivity index (χ1) is 15.3. The number of benzene rings is 2. The number of hydrogen-bond donors (Lipinski definition) is 0. The maximum absolute atomic E-state index is 12.9. The lowest BCUT2D eigenvalue weighted by Crippen LogP contribution is -2.46. The second kappa shape index (κ2) is 11.0. The Hall–Kier alpha value is -1.92. The van der Waals surface area contributed by atoms with Gasteiger partial charge in [-0.1, -0.05) is 25.0 Å². The van der Waals surface area contributed by atoms with Crippen molar-refractivity contribution in [1.29, 1.82) is 0 Å². The standard InChI is InChI=1S/C26H33F3N2O.ClH/c1-30(2)22-11-7-19(8-12-22)25-15-16-31(23-5-3-4-6-23)17-20(25)18-32-24-13-9-21(10-14-24)26(27,28)29;/h7-14,20,23,25H,3-6,15-18H2,1-2H3;1H/t20-,25-;/m0./s1. The first-order valence-corrected chi connectivity index (χ1v) is 11.6. The van der Waals surface area contributed by atoms with E-state index in [9.17, 15) is 13.2 Å². The van der Waals surface area contributed by atoms with E-state index in [4.69, 9.17) is 4.74 Å². The highest BCUT2D eigenvalue weighted by Gasteiger charge is 2.35. The highest BCUT2D eigenvalue weighted by Crippen LogP contribution is 2.37. The molecule has 2 aromatic rings. The zero-order chi connectivity index (χ0) is 22.7. The Morgan fingerprint density at radius 2 is 1.58 bits per heavy atom. The monoisotopic (exact) mass is 482 g/mol. The number of hydrogen-bond acceptors (Lipinski definition) is 3. The van der Waals surface area contributed by atoms with Crippen molar-refractivity contribution in [3.8, 4) is 5.75 Å². The van der Waals surface area contributed by atoms with Crippen LogP contribution < -0.4 is 9.64 Å². The molecule has 0 bridgehead atoms. The summed E-state index contributed by atoms with van der Waals surface area (Å²) < 4.78 is 44.6. The van der Waals surface area contributed by atoms with E-state index < -0.39 is 11.7 Å². The molecule has 2 aliphatic rings. The van der Waals surface area contributed by atoms with Gasteiger partial charge in [0.15, 0.2) is 0 Å². The Morgan fingerprint density at radius 3 is 2.15 bits per heavy atom. The minimum Gasteiger partial charge on any atom is -0.493 e. The summed E-state index contributed by atoms with van der Waals surface area (Å²) in [5.41, 5.74) is 1.85. The molecule has 2 atom stereocenters. The molecule has 1 saturated carbocycles. The van der Waals surface area contributed by atoms with Gasteiger partial charge >= 0.3 is 6.18 Å². The number of anilines is 1. The molecule has 1 saturated heterocycles. The first kappa shape index (κ1) is 25.7. The minimum atomic E-state index is -4.33. The fraction of sp³-hybridized carbons (Fsp3) is 0.538. The number of alkyl halides is 3. The molecule has 2 aromatic carbocycles. The van der Waals surface area contributed by atoms with Gasteiger partial charge in [0.1, 0.15) is 5.75 Å². The molecule has 0 aromatic heterocycles. The summed E-state index contributed by atoms with van der Waals surface area (Å²) >= 11 is 0. The number of ether oxygens (including phenoxy) is 1. The Balaban J connectivity index is 0.00000306. The van der Waals surface area contributed by atoms with Crippen molar-refractivity contribution >= 4 is 18.1 Å². The van der Waals surface area contributed by atoms with E-state index in [0.29, 0.717) is 30.2 Å². The number of likely N-dealkylation sites (tertiary alicyclic amines) is 1. The summed E-state index contributed by atoms with van der Waals surface area (Å²) in [6.07, 6.45) is 1.92. The van der Waals surface area contributed by atoms with Crippen molar-refractivity contribution < 1.29 is 17.9 Å². The third-order valence-corrected chi connectivity index (χ3v) is 7.09. The van der Waals surface area contributed by atoms with Gasteiger partial charge < -0.3 is 9.64 Å². The number of piperidine rings is 1. The zero-order valence-corrected chi connectivity index (χ0v) is 20.2. The van der Waals surface area contributed by atoms with Crippen LogP contribution >= 0.6 is 12.4 Å². The van der Waals surface area contributed by atoms with Gasteiger partial charge in [-0.05, 0) is 73.7 Å². The van der Waals surface area contributed by atoms with Crippen LogP contribution in [0.15, 0.2) is 48.5 Å². The van der Waals surface area contributed by atoms with E-state index in [-0.39, 0.29) is 12.4 Å². The molecule has 4 rings (SSSR count). The molecular weight excluding hydrogens is 449 g/mol. The highest BCUT2D eigenvalue weighted by molar-refractivity contribution is 5.85. The lowest BCUT2D eigenvalue weighted by atomic mass is 9.80. The Labute approximate surface area is 201 Å². The van der Waals surface area contributed by atoms with Gasteiger partial charge in [-0.3, -0.25) is 4.90 Å². The van der Waals surface area contributed by atoms with Crippen molar-refractivity contribution in [2.24, 2.45) is 5.92 Å². The Bertz CT molecular complexity index is 865. The molecular formula is C26H34ClF3N2O.